The van der Waals surface area contributed by atoms with Crippen molar-refractivity contribution in [3.05, 3.63) is 60.2 Å². The Morgan fingerprint density at radius 1 is 1.04 bits per heavy atom. The van der Waals surface area contributed by atoms with Crippen molar-refractivity contribution in [3.8, 4) is 5.75 Å². The molecule has 0 aromatic heterocycles. The second kappa shape index (κ2) is 7.32. The van der Waals surface area contributed by atoms with Gasteiger partial charge in [-0.2, -0.15) is 0 Å². The molecule has 0 spiro atoms. The fraction of sp³-hybridized carbons (Fsp3) is 0.350. The van der Waals surface area contributed by atoms with Gasteiger partial charge in [-0.25, -0.2) is 0 Å². The topological polar surface area (TPSA) is 38.3 Å². The van der Waals surface area contributed by atoms with Gasteiger partial charge in [0.15, 0.2) is 0 Å². The van der Waals surface area contributed by atoms with Gasteiger partial charge in [-0.15, -0.1) is 0 Å². The van der Waals surface area contributed by atoms with Gasteiger partial charge in [0.2, 0.25) is 0 Å². The van der Waals surface area contributed by atoms with E-state index in [0.717, 1.165) is 30.7 Å². The third-order valence-corrected chi connectivity index (χ3v) is 4.58. The molecule has 2 aromatic carbocycles. The number of carbonyl (C=O) groups is 1. The molecule has 1 aliphatic rings. The summed E-state index contributed by atoms with van der Waals surface area (Å²) in [6.45, 7) is 0. The summed E-state index contributed by atoms with van der Waals surface area (Å²) in [7, 11) is 1.66. The third-order valence-electron chi connectivity index (χ3n) is 4.58. The lowest BCUT2D eigenvalue weighted by atomic mass is 9.80. The van der Waals surface area contributed by atoms with Gasteiger partial charge in [-0.05, 0) is 42.7 Å². The Labute approximate surface area is 137 Å². The molecule has 0 heterocycles. The summed E-state index contributed by atoms with van der Waals surface area (Å²) in [5.74, 6) is 1.26. The monoisotopic (exact) mass is 309 g/mol. The molecular formula is C20H23NO2. The maximum atomic E-state index is 12.4. The molecule has 3 heteroatoms. The van der Waals surface area contributed by atoms with E-state index < -0.39 is 0 Å². The number of ether oxygens (including phenoxy) is 1. The summed E-state index contributed by atoms with van der Waals surface area (Å²) in [4.78, 5) is 12.4. The van der Waals surface area contributed by atoms with E-state index in [2.05, 4.69) is 17.4 Å². The van der Waals surface area contributed by atoms with E-state index in [1.165, 1.54) is 5.56 Å². The minimum atomic E-state index is 0.0254. The fourth-order valence-electron chi connectivity index (χ4n) is 3.31. The molecule has 0 amide bonds. The van der Waals surface area contributed by atoms with E-state index in [4.69, 9.17) is 4.74 Å². The van der Waals surface area contributed by atoms with Crippen LogP contribution in [-0.4, -0.2) is 12.9 Å². The summed E-state index contributed by atoms with van der Waals surface area (Å²) in [6.07, 6.45) is 3.82. The lowest BCUT2D eigenvalue weighted by Crippen LogP contribution is -2.30. The maximum Gasteiger partial charge on any atom is 0.138 e. The molecule has 3 rings (SSSR count). The second-order valence-electron chi connectivity index (χ2n) is 6.08. The van der Waals surface area contributed by atoms with Gasteiger partial charge < -0.3 is 10.1 Å². The van der Waals surface area contributed by atoms with E-state index in [-0.39, 0.29) is 12.0 Å². The molecule has 0 aliphatic heterocycles. The molecule has 2 aromatic rings. The molecule has 1 N–H and O–H groups in total. The van der Waals surface area contributed by atoms with Crippen LogP contribution in [-0.2, 0) is 4.79 Å². The predicted molar refractivity (Wildman–Crippen MR) is 92.8 cm³/mol. The molecule has 120 valence electrons. The molecule has 1 saturated carbocycles. The van der Waals surface area contributed by atoms with Gasteiger partial charge in [0.25, 0.3) is 0 Å². The zero-order valence-electron chi connectivity index (χ0n) is 13.5. The molecule has 0 radical (unpaired) electrons. The Morgan fingerprint density at radius 3 is 2.43 bits per heavy atom. The first-order chi connectivity index (χ1) is 11.3. The van der Waals surface area contributed by atoms with Crippen LogP contribution in [0.2, 0.25) is 0 Å². The van der Waals surface area contributed by atoms with Gasteiger partial charge in [0.1, 0.15) is 11.5 Å². The summed E-state index contributed by atoms with van der Waals surface area (Å²) in [5, 5.41) is 3.57. The molecule has 1 fully saturated rings. The number of methoxy groups -OCH3 is 1. The van der Waals surface area contributed by atoms with Crippen LogP contribution in [0.15, 0.2) is 54.6 Å². The van der Waals surface area contributed by atoms with Crippen molar-refractivity contribution in [2.45, 2.75) is 31.7 Å². The van der Waals surface area contributed by atoms with Crippen LogP contribution in [0, 0.1) is 5.92 Å². The van der Waals surface area contributed by atoms with E-state index in [1.807, 2.05) is 42.5 Å². The molecule has 3 nitrogen and oxygen atoms in total. The van der Waals surface area contributed by atoms with Crippen LogP contribution in [0.3, 0.4) is 0 Å². The quantitative estimate of drug-likeness (QED) is 0.876. The number of hydrogen-bond acceptors (Lipinski definition) is 3. The van der Waals surface area contributed by atoms with E-state index in [0.29, 0.717) is 12.2 Å². The summed E-state index contributed by atoms with van der Waals surface area (Å²) in [6, 6.07) is 18.2. The third kappa shape index (κ3) is 3.73. The number of carbonyl (C=O) groups excluding carboxylic acids is 1. The van der Waals surface area contributed by atoms with E-state index in [1.54, 1.807) is 7.11 Å². The summed E-state index contributed by atoms with van der Waals surface area (Å²) < 4.78 is 5.21. The molecule has 1 aliphatic carbocycles. The van der Waals surface area contributed by atoms with Crippen molar-refractivity contribution < 1.29 is 9.53 Å². The summed E-state index contributed by atoms with van der Waals surface area (Å²) in [5.41, 5.74) is 2.18. The Bertz CT molecular complexity index is 636. The number of rotatable bonds is 5. The van der Waals surface area contributed by atoms with Gasteiger partial charge >= 0.3 is 0 Å². The normalized spacial score (nSPS) is 19.2. The van der Waals surface area contributed by atoms with E-state index >= 15 is 0 Å². The highest BCUT2D eigenvalue weighted by Crippen LogP contribution is 2.35. The lowest BCUT2D eigenvalue weighted by molar-refractivity contribution is -0.125. The first kappa shape index (κ1) is 15.6. The van der Waals surface area contributed by atoms with Gasteiger partial charge in [-0.1, -0.05) is 36.8 Å². The van der Waals surface area contributed by atoms with Gasteiger partial charge in [0, 0.05) is 18.0 Å². The summed E-state index contributed by atoms with van der Waals surface area (Å²) >= 11 is 0. The van der Waals surface area contributed by atoms with Crippen LogP contribution < -0.4 is 10.1 Å². The van der Waals surface area contributed by atoms with Crippen LogP contribution in [0.5, 0.6) is 5.75 Å². The fourth-order valence-corrected chi connectivity index (χ4v) is 3.31. The molecule has 2 atom stereocenters. The molecule has 0 saturated heterocycles. The van der Waals surface area contributed by atoms with Crippen LogP contribution in [0.1, 0.15) is 37.3 Å². The standard InChI is InChI=1S/C20H23NO2/c1-23-17-13-11-16(12-14-17)21-20(15-7-3-2-4-8-15)18-9-5-6-10-19(18)22/h2-4,7-8,11-14,18,20-21H,5-6,9-10H2,1H3/t18-,20+/m0/s1. The Kier molecular flexibility index (Phi) is 4.96. The SMILES string of the molecule is COc1ccc(N[C@H](c2ccccc2)[C@H]2CCCCC2=O)cc1. The zero-order valence-corrected chi connectivity index (χ0v) is 13.5. The molecular weight excluding hydrogens is 286 g/mol. The molecule has 0 bridgehead atoms. The highest BCUT2D eigenvalue weighted by molar-refractivity contribution is 5.83. The largest absolute Gasteiger partial charge is 0.497 e. The van der Waals surface area contributed by atoms with Crippen molar-refractivity contribution >= 4 is 11.5 Å². The van der Waals surface area contributed by atoms with Crippen LogP contribution >= 0.6 is 0 Å². The van der Waals surface area contributed by atoms with Crippen molar-refractivity contribution in [3.63, 3.8) is 0 Å². The first-order valence-electron chi connectivity index (χ1n) is 8.26. The molecule has 0 unspecified atom stereocenters. The smallest absolute Gasteiger partial charge is 0.138 e. The van der Waals surface area contributed by atoms with E-state index in [9.17, 15) is 4.79 Å². The maximum absolute atomic E-state index is 12.4. The number of nitrogens with one attached hydrogen (secondary N) is 1. The highest BCUT2D eigenvalue weighted by atomic mass is 16.5. The first-order valence-corrected chi connectivity index (χ1v) is 8.26. The van der Waals surface area contributed by atoms with Crippen molar-refractivity contribution in [2.24, 2.45) is 5.92 Å². The lowest BCUT2D eigenvalue weighted by Gasteiger charge is -2.31. The Morgan fingerprint density at radius 2 is 1.78 bits per heavy atom. The Balaban J connectivity index is 1.86. The number of hydrogen-bond donors (Lipinski definition) is 1. The van der Waals surface area contributed by atoms with Crippen LogP contribution in [0.25, 0.3) is 0 Å². The zero-order chi connectivity index (χ0) is 16.1. The average Bonchev–Trinajstić information content (AvgIpc) is 2.62. The number of benzene rings is 2. The van der Waals surface area contributed by atoms with Crippen LogP contribution in [0.4, 0.5) is 5.69 Å². The van der Waals surface area contributed by atoms with Crippen molar-refractivity contribution in [1.29, 1.82) is 0 Å². The Hall–Kier alpha value is -2.29. The molecule has 23 heavy (non-hydrogen) atoms. The highest BCUT2D eigenvalue weighted by Gasteiger charge is 2.31. The van der Waals surface area contributed by atoms with Gasteiger partial charge in [-0.3, -0.25) is 4.79 Å². The number of Topliss-reactive ketones (excluding diaryl/α,β-unsaturated/α-hetero) is 1. The average molecular weight is 309 g/mol. The van der Waals surface area contributed by atoms with Gasteiger partial charge in [0.05, 0.1) is 13.2 Å². The number of anilines is 1. The predicted octanol–water partition coefficient (Wildman–Crippen LogP) is 4.61. The van der Waals surface area contributed by atoms with Crippen molar-refractivity contribution in [2.75, 3.05) is 12.4 Å². The minimum absolute atomic E-state index is 0.0254. The second-order valence-corrected chi connectivity index (χ2v) is 6.08. The number of ketones is 1. The minimum Gasteiger partial charge on any atom is -0.497 e. The van der Waals surface area contributed by atoms with Crippen molar-refractivity contribution in [1.82, 2.24) is 0 Å².